The second kappa shape index (κ2) is 5.26. The van der Waals surface area contributed by atoms with E-state index in [9.17, 15) is 9.59 Å². The van der Waals surface area contributed by atoms with E-state index < -0.39 is 0 Å². The largest absolute Gasteiger partial charge is 0.369 e. The molecule has 0 saturated carbocycles. The standard InChI is InChI=1S/C19H16N4O2/c24-17-14-6-5-12(22-9-7-20-8-10-22)11-16(14)23-18(17)21-15-4-2-1-3-13(15)19(23)25/h1-6,11,20H,7-10H2. The van der Waals surface area contributed by atoms with Crippen molar-refractivity contribution in [1.82, 2.24) is 14.9 Å². The first-order valence-corrected chi connectivity index (χ1v) is 8.40. The number of piperazine rings is 1. The maximum atomic E-state index is 13.0. The molecule has 0 radical (unpaired) electrons. The third kappa shape index (κ3) is 2.04. The number of nitrogens with one attached hydrogen (secondary N) is 1. The summed E-state index contributed by atoms with van der Waals surface area (Å²) in [6, 6.07) is 12.9. The molecule has 0 bridgehead atoms. The number of nitrogens with zero attached hydrogens (tertiary/aromatic N) is 3. The number of rotatable bonds is 1. The fourth-order valence-corrected chi connectivity index (χ4v) is 3.65. The van der Waals surface area contributed by atoms with Gasteiger partial charge in [0.2, 0.25) is 5.78 Å². The smallest absolute Gasteiger partial charge is 0.266 e. The number of ketones is 1. The van der Waals surface area contributed by atoms with Crippen LogP contribution in [-0.4, -0.2) is 41.5 Å². The van der Waals surface area contributed by atoms with Crippen molar-refractivity contribution in [3.63, 3.8) is 0 Å². The van der Waals surface area contributed by atoms with Crippen molar-refractivity contribution < 1.29 is 4.79 Å². The van der Waals surface area contributed by atoms with E-state index in [0.29, 0.717) is 22.2 Å². The molecule has 1 fully saturated rings. The van der Waals surface area contributed by atoms with Crippen LogP contribution < -0.4 is 15.8 Å². The molecular weight excluding hydrogens is 316 g/mol. The van der Waals surface area contributed by atoms with E-state index in [2.05, 4.69) is 15.2 Å². The minimum atomic E-state index is -0.190. The minimum absolute atomic E-state index is 0.190. The number of anilines is 1. The van der Waals surface area contributed by atoms with E-state index in [1.54, 1.807) is 12.1 Å². The van der Waals surface area contributed by atoms with Crippen LogP contribution in [0.3, 0.4) is 0 Å². The maximum absolute atomic E-state index is 13.0. The lowest BCUT2D eigenvalue weighted by atomic mass is 10.1. The SMILES string of the molecule is O=C1c2ccc(N3CCNCC3)cc2-n2c1nc1ccccc1c2=O. The molecule has 25 heavy (non-hydrogen) atoms. The van der Waals surface area contributed by atoms with Gasteiger partial charge in [0.25, 0.3) is 5.56 Å². The Morgan fingerprint density at radius 1 is 1.00 bits per heavy atom. The Balaban J connectivity index is 1.74. The number of hydrogen-bond donors (Lipinski definition) is 1. The summed E-state index contributed by atoms with van der Waals surface area (Å²) in [5, 5.41) is 3.86. The zero-order valence-electron chi connectivity index (χ0n) is 13.5. The molecule has 2 aliphatic rings. The van der Waals surface area contributed by atoms with Gasteiger partial charge in [-0.25, -0.2) is 4.98 Å². The lowest BCUT2D eigenvalue weighted by Gasteiger charge is -2.29. The Hall–Kier alpha value is -2.99. The molecule has 1 N–H and O–H groups in total. The van der Waals surface area contributed by atoms with Crippen LogP contribution in [-0.2, 0) is 0 Å². The zero-order valence-corrected chi connectivity index (χ0v) is 13.5. The van der Waals surface area contributed by atoms with Gasteiger partial charge in [0.15, 0.2) is 5.82 Å². The van der Waals surface area contributed by atoms with Gasteiger partial charge in [-0.1, -0.05) is 12.1 Å². The van der Waals surface area contributed by atoms with Crippen LogP contribution in [0.5, 0.6) is 0 Å². The topological polar surface area (TPSA) is 67.2 Å². The number of benzene rings is 2. The molecule has 0 aliphatic carbocycles. The Labute approximate surface area is 143 Å². The predicted molar refractivity (Wildman–Crippen MR) is 95.9 cm³/mol. The number of para-hydroxylation sites is 1. The van der Waals surface area contributed by atoms with Crippen molar-refractivity contribution in [3.8, 4) is 5.69 Å². The van der Waals surface area contributed by atoms with Gasteiger partial charge in [0.05, 0.1) is 22.2 Å². The van der Waals surface area contributed by atoms with E-state index in [-0.39, 0.29) is 17.2 Å². The molecule has 1 aromatic heterocycles. The average Bonchev–Trinajstić information content (AvgIpc) is 2.95. The van der Waals surface area contributed by atoms with Gasteiger partial charge in [-0.3, -0.25) is 14.2 Å². The molecule has 0 atom stereocenters. The second-order valence-electron chi connectivity index (χ2n) is 6.36. The number of carbonyl (C=O) groups excluding carboxylic acids is 1. The summed E-state index contributed by atoms with van der Waals surface area (Å²) in [6.07, 6.45) is 0. The Morgan fingerprint density at radius 2 is 1.80 bits per heavy atom. The molecule has 0 amide bonds. The Morgan fingerprint density at radius 3 is 2.64 bits per heavy atom. The molecular formula is C19H16N4O2. The van der Waals surface area contributed by atoms with E-state index >= 15 is 0 Å². The molecule has 0 spiro atoms. The first-order valence-electron chi connectivity index (χ1n) is 8.40. The lowest BCUT2D eigenvalue weighted by molar-refractivity contribution is 0.103. The molecule has 1 saturated heterocycles. The normalized spacial score (nSPS) is 16.2. The molecule has 6 nitrogen and oxygen atoms in total. The van der Waals surface area contributed by atoms with E-state index in [1.807, 2.05) is 30.3 Å². The van der Waals surface area contributed by atoms with Gasteiger partial charge >= 0.3 is 0 Å². The van der Waals surface area contributed by atoms with E-state index in [4.69, 9.17) is 0 Å². The third-order valence-corrected chi connectivity index (χ3v) is 4.93. The summed E-state index contributed by atoms with van der Waals surface area (Å²) < 4.78 is 1.46. The van der Waals surface area contributed by atoms with Gasteiger partial charge in [0.1, 0.15) is 0 Å². The van der Waals surface area contributed by atoms with Gasteiger partial charge in [-0.2, -0.15) is 0 Å². The molecule has 0 unspecified atom stereocenters. The van der Waals surface area contributed by atoms with Crippen LogP contribution >= 0.6 is 0 Å². The fraction of sp³-hybridized carbons (Fsp3) is 0.211. The summed E-state index contributed by atoms with van der Waals surface area (Å²) in [5.41, 5.74) is 2.58. The highest BCUT2D eigenvalue weighted by molar-refractivity contribution is 6.13. The summed E-state index contributed by atoms with van der Waals surface area (Å²) in [6.45, 7) is 3.67. The van der Waals surface area contributed by atoms with Crippen LogP contribution in [0.15, 0.2) is 47.3 Å². The maximum Gasteiger partial charge on any atom is 0.266 e. The highest BCUT2D eigenvalue weighted by Crippen LogP contribution is 2.30. The third-order valence-electron chi connectivity index (χ3n) is 4.93. The minimum Gasteiger partial charge on any atom is -0.369 e. The van der Waals surface area contributed by atoms with Crippen LogP contribution in [0.4, 0.5) is 5.69 Å². The molecule has 2 aliphatic heterocycles. The fourth-order valence-electron chi connectivity index (χ4n) is 3.65. The quantitative estimate of drug-likeness (QED) is 0.570. The summed E-state index contributed by atoms with van der Waals surface area (Å²) in [4.78, 5) is 32.4. The zero-order chi connectivity index (χ0) is 17.0. The lowest BCUT2D eigenvalue weighted by Crippen LogP contribution is -2.43. The average molecular weight is 332 g/mol. The number of aromatic nitrogens is 2. The highest BCUT2D eigenvalue weighted by Gasteiger charge is 2.31. The molecule has 2 aromatic carbocycles. The van der Waals surface area contributed by atoms with Crippen LogP contribution in [0, 0.1) is 0 Å². The van der Waals surface area contributed by atoms with Gasteiger partial charge < -0.3 is 10.2 Å². The second-order valence-corrected chi connectivity index (χ2v) is 6.36. The molecule has 3 aromatic rings. The first-order chi connectivity index (χ1) is 12.2. The van der Waals surface area contributed by atoms with Crippen molar-refractivity contribution in [2.24, 2.45) is 0 Å². The van der Waals surface area contributed by atoms with Crippen molar-refractivity contribution in [2.45, 2.75) is 0 Å². The monoisotopic (exact) mass is 332 g/mol. The first kappa shape index (κ1) is 14.4. The summed E-state index contributed by atoms with van der Waals surface area (Å²) in [7, 11) is 0. The van der Waals surface area contributed by atoms with Crippen LogP contribution in [0.1, 0.15) is 16.2 Å². The number of fused-ring (bicyclic) bond motifs is 4. The van der Waals surface area contributed by atoms with Crippen molar-refractivity contribution >= 4 is 22.4 Å². The number of hydrogen-bond acceptors (Lipinski definition) is 5. The van der Waals surface area contributed by atoms with Gasteiger partial charge in [0, 0.05) is 31.9 Å². The Kier molecular flexibility index (Phi) is 3.02. The van der Waals surface area contributed by atoms with E-state index in [0.717, 1.165) is 31.9 Å². The van der Waals surface area contributed by atoms with Crippen molar-refractivity contribution in [2.75, 3.05) is 31.1 Å². The van der Waals surface area contributed by atoms with Crippen LogP contribution in [0.2, 0.25) is 0 Å². The predicted octanol–water partition coefficient (Wildman–Crippen LogP) is 1.34. The molecule has 5 rings (SSSR count). The molecule has 124 valence electrons. The van der Waals surface area contributed by atoms with Gasteiger partial charge in [-0.05, 0) is 30.3 Å². The van der Waals surface area contributed by atoms with E-state index in [1.165, 1.54) is 4.57 Å². The molecule has 3 heterocycles. The Bertz CT molecular complexity index is 1080. The van der Waals surface area contributed by atoms with Gasteiger partial charge in [-0.15, -0.1) is 0 Å². The molecule has 6 heteroatoms. The van der Waals surface area contributed by atoms with Crippen molar-refractivity contribution in [1.29, 1.82) is 0 Å². The highest BCUT2D eigenvalue weighted by atomic mass is 16.1. The summed E-state index contributed by atoms with van der Waals surface area (Å²) >= 11 is 0. The van der Waals surface area contributed by atoms with Crippen molar-refractivity contribution in [3.05, 3.63) is 64.2 Å². The summed E-state index contributed by atoms with van der Waals surface area (Å²) in [5.74, 6) is 0.0147. The van der Waals surface area contributed by atoms with Crippen LogP contribution in [0.25, 0.3) is 16.6 Å². The number of carbonyl (C=O) groups is 1.